The van der Waals surface area contributed by atoms with Crippen molar-refractivity contribution in [1.29, 1.82) is 0 Å². The highest BCUT2D eigenvalue weighted by Crippen LogP contribution is 2.40. The maximum absolute atomic E-state index is 5.31. The van der Waals surface area contributed by atoms with Crippen LogP contribution in [0.25, 0.3) is 20.4 Å². The number of thiophene rings is 1. The number of likely N-dealkylation sites (tertiary alicyclic amines) is 1. The molecule has 2 atom stereocenters. The number of fused-ring (bicyclic) bond motifs is 2. The van der Waals surface area contributed by atoms with Crippen molar-refractivity contribution in [2.24, 2.45) is 0 Å². The SMILES string of the molecule is COCCN1CCC[C@H](c2cc3c(Nc4ccc5scnc5c4)ccnc3s2)[C@@H]1C. The number of methoxy groups -OCH3 is 1. The minimum absolute atomic E-state index is 0.519. The zero-order valence-electron chi connectivity index (χ0n) is 17.3. The molecular weight excluding hydrogens is 412 g/mol. The van der Waals surface area contributed by atoms with Gasteiger partial charge in [-0.2, -0.15) is 0 Å². The Labute approximate surface area is 184 Å². The Morgan fingerprint density at radius 1 is 1.23 bits per heavy atom. The lowest BCUT2D eigenvalue weighted by Gasteiger charge is -2.39. The van der Waals surface area contributed by atoms with Gasteiger partial charge >= 0.3 is 0 Å². The van der Waals surface area contributed by atoms with Gasteiger partial charge < -0.3 is 10.1 Å². The molecule has 5 nitrogen and oxygen atoms in total. The first-order chi connectivity index (χ1) is 14.7. The first kappa shape index (κ1) is 19.9. The Morgan fingerprint density at radius 2 is 2.17 bits per heavy atom. The van der Waals surface area contributed by atoms with Gasteiger partial charge in [0, 0.05) is 47.8 Å². The summed E-state index contributed by atoms with van der Waals surface area (Å²) >= 11 is 3.51. The van der Waals surface area contributed by atoms with Crippen molar-refractivity contribution in [2.45, 2.75) is 31.7 Å². The standard InChI is InChI=1S/C23H26N4OS2/c1-15-17(4-3-9-27(15)10-11-28-2)22-13-18-19(7-8-24-23(18)30-22)26-16-5-6-21-20(12-16)25-14-29-21/h5-8,12-15,17H,3-4,9-11H2,1-2H3,(H,24,26)/t15-,17-/m0/s1. The number of rotatable bonds is 6. The van der Waals surface area contributed by atoms with Crippen LogP contribution < -0.4 is 5.32 Å². The molecule has 1 aliphatic rings. The van der Waals surface area contributed by atoms with E-state index in [1.54, 1.807) is 18.4 Å². The minimum Gasteiger partial charge on any atom is -0.383 e. The summed E-state index contributed by atoms with van der Waals surface area (Å²) in [6.45, 7) is 5.32. The summed E-state index contributed by atoms with van der Waals surface area (Å²) in [5.41, 5.74) is 5.10. The maximum Gasteiger partial charge on any atom is 0.125 e. The summed E-state index contributed by atoms with van der Waals surface area (Å²) in [5.74, 6) is 0.550. The topological polar surface area (TPSA) is 50.3 Å². The number of hydrogen-bond acceptors (Lipinski definition) is 7. The lowest BCUT2D eigenvalue weighted by atomic mass is 9.88. The number of pyridine rings is 1. The molecule has 7 heteroatoms. The van der Waals surface area contributed by atoms with E-state index in [4.69, 9.17) is 4.74 Å². The molecule has 1 aliphatic heterocycles. The fourth-order valence-corrected chi connectivity index (χ4v) is 6.38. The molecule has 4 aromatic rings. The van der Waals surface area contributed by atoms with Crippen molar-refractivity contribution >= 4 is 54.5 Å². The van der Waals surface area contributed by atoms with Crippen molar-refractivity contribution in [3.05, 3.63) is 46.9 Å². The van der Waals surface area contributed by atoms with Crippen LogP contribution >= 0.6 is 22.7 Å². The number of ether oxygens (including phenoxy) is 1. The Kier molecular flexibility index (Phi) is 5.69. The molecule has 0 bridgehead atoms. The van der Waals surface area contributed by atoms with E-state index in [0.717, 1.165) is 41.4 Å². The van der Waals surface area contributed by atoms with Gasteiger partial charge in [0.15, 0.2) is 0 Å². The zero-order valence-corrected chi connectivity index (χ0v) is 18.9. The van der Waals surface area contributed by atoms with Gasteiger partial charge in [0.05, 0.1) is 28.0 Å². The number of thiazole rings is 1. The highest BCUT2D eigenvalue weighted by molar-refractivity contribution is 7.18. The van der Waals surface area contributed by atoms with E-state index in [1.165, 1.54) is 27.8 Å². The number of piperidine rings is 1. The van der Waals surface area contributed by atoms with E-state index in [9.17, 15) is 0 Å². The number of anilines is 2. The van der Waals surface area contributed by atoms with Crippen LogP contribution in [0.1, 0.15) is 30.6 Å². The fraction of sp³-hybridized carbons (Fsp3) is 0.391. The molecule has 0 spiro atoms. The highest BCUT2D eigenvalue weighted by Gasteiger charge is 2.30. The molecule has 1 saturated heterocycles. The van der Waals surface area contributed by atoms with Gasteiger partial charge in [-0.1, -0.05) is 0 Å². The summed E-state index contributed by atoms with van der Waals surface area (Å²) in [6.07, 6.45) is 4.38. The van der Waals surface area contributed by atoms with Crippen LogP contribution in [0.2, 0.25) is 0 Å². The van der Waals surface area contributed by atoms with Gasteiger partial charge in [0.25, 0.3) is 0 Å². The molecule has 0 radical (unpaired) electrons. The summed E-state index contributed by atoms with van der Waals surface area (Å²) in [6, 6.07) is 11.3. The van der Waals surface area contributed by atoms with E-state index in [1.807, 2.05) is 23.0 Å². The molecule has 5 rings (SSSR count). The lowest BCUT2D eigenvalue weighted by molar-refractivity contribution is 0.0924. The number of nitrogens with one attached hydrogen (secondary N) is 1. The van der Waals surface area contributed by atoms with Crippen LogP contribution in [0.3, 0.4) is 0 Å². The van der Waals surface area contributed by atoms with Crippen molar-refractivity contribution in [1.82, 2.24) is 14.9 Å². The van der Waals surface area contributed by atoms with Crippen molar-refractivity contribution in [2.75, 3.05) is 32.1 Å². The van der Waals surface area contributed by atoms with Gasteiger partial charge in [-0.05, 0) is 56.6 Å². The smallest absolute Gasteiger partial charge is 0.125 e. The third kappa shape index (κ3) is 3.83. The fourth-order valence-electron chi connectivity index (χ4n) is 4.46. The largest absolute Gasteiger partial charge is 0.383 e. The van der Waals surface area contributed by atoms with Crippen LogP contribution in [-0.2, 0) is 4.74 Å². The summed E-state index contributed by atoms with van der Waals surface area (Å²) in [4.78, 5) is 14.2. The van der Waals surface area contributed by atoms with Gasteiger partial charge in [-0.25, -0.2) is 9.97 Å². The summed E-state index contributed by atoms with van der Waals surface area (Å²) < 4.78 is 6.53. The van der Waals surface area contributed by atoms with Gasteiger partial charge in [-0.15, -0.1) is 22.7 Å². The van der Waals surface area contributed by atoms with E-state index in [2.05, 4.69) is 57.4 Å². The molecule has 0 unspecified atom stereocenters. The molecule has 0 amide bonds. The molecule has 1 N–H and O–H groups in total. The van der Waals surface area contributed by atoms with Gasteiger partial charge in [0.1, 0.15) is 4.83 Å². The van der Waals surface area contributed by atoms with E-state index >= 15 is 0 Å². The third-order valence-electron chi connectivity index (χ3n) is 6.13. The monoisotopic (exact) mass is 438 g/mol. The second-order valence-corrected chi connectivity index (χ2v) is 9.85. The normalized spacial score (nSPS) is 20.2. The van der Waals surface area contributed by atoms with Crippen LogP contribution in [0.15, 0.2) is 42.0 Å². The van der Waals surface area contributed by atoms with Crippen LogP contribution in [0, 0.1) is 0 Å². The van der Waals surface area contributed by atoms with Gasteiger partial charge in [-0.3, -0.25) is 4.90 Å². The first-order valence-electron chi connectivity index (χ1n) is 10.4. The van der Waals surface area contributed by atoms with Gasteiger partial charge in [0.2, 0.25) is 0 Å². The average Bonchev–Trinajstić information content (AvgIpc) is 3.40. The average molecular weight is 439 g/mol. The van der Waals surface area contributed by atoms with Crippen LogP contribution in [0.5, 0.6) is 0 Å². The molecule has 4 heterocycles. The first-order valence-corrected chi connectivity index (χ1v) is 12.1. The molecule has 3 aromatic heterocycles. The Bertz CT molecular complexity index is 1150. The maximum atomic E-state index is 5.31. The molecule has 30 heavy (non-hydrogen) atoms. The number of aromatic nitrogens is 2. The van der Waals surface area contributed by atoms with Crippen molar-refractivity contribution in [3.63, 3.8) is 0 Å². The van der Waals surface area contributed by atoms with E-state index < -0.39 is 0 Å². The number of hydrogen-bond donors (Lipinski definition) is 1. The van der Waals surface area contributed by atoms with Crippen LogP contribution in [-0.4, -0.2) is 47.7 Å². The van der Waals surface area contributed by atoms with E-state index in [0.29, 0.717) is 12.0 Å². The molecular formula is C23H26N4OS2. The molecule has 0 saturated carbocycles. The van der Waals surface area contributed by atoms with E-state index in [-0.39, 0.29) is 0 Å². The highest BCUT2D eigenvalue weighted by atomic mass is 32.1. The molecule has 156 valence electrons. The van der Waals surface area contributed by atoms with Crippen LogP contribution in [0.4, 0.5) is 11.4 Å². The molecule has 1 aromatic carbocycles. The summed E-state index contributed by atoms with van der Waals surface area (Å²) in [7, 11) is 1.78. The number of benzene rings is 1. The second kappa shape index (κ2) is 8.59. The quantitative estimate of drug-likeness (QED) is 0.408. The van der Waals surface area contributed by atoms with Crippen molar-refractivity contribution < 1.29 is 4.74 Å². The Balaban J connectivity index is 1.43. The zero-order chi connectivity index (χ0) is 20.5. The predicted octanol–water partition coefficient (Wildman–Crippen LogP) is 5.86. The molecule has 0 aliphatic carbocycles. The predicted molar refractivity (Wildman–Crippen MR) is 127 cm³/mol. The third-order valence-corrected chi connectivity index (χ3v) is 8.12. The molecule has 1 fully saturated rings. The van der Waals surface area contributed by atoms with Crippen molar-refractivity contribution in [3.8, 4) is 0 Å². The number of nitrogens with zero attached hydrogens (tertiary/aromatic N) is 3. The Hall–Kier alpha value is -2.06. The minimum atomic E-state index is 0.519. The second-order valence-electron chi connectivity index (χ2n) is 7.90. The summed E-state index contributed by atoms with van der Waals surface area (Å²) in [5, 5.41) is 4.80. The lowest BCUT2D eigenvalue weighted by Crippen LogP contribution is -2.43. The Morgan fingerprint density at radius 3 is 3.07 bits per heavy atom.